The highest BCUT2D eigenvalue weighted by Crippen LogP contribution is 2.24. The third-order valence-electron chi connectivity index (χ3n) is 6.74. The quantitative estimate of drug-likeness (QED) is 0.370. The second-order valence-corrected chi connectivity index (χ2v) is 9.51. The number of ether oxygens (including phenoxy) is 1. The van der Waals surface area contributed by atoms with Crippen molar-refractivity contribution in [3.63, 3.8) is 0 Å². The zero-order valence-corrected chi connectivity index (χ0v) is 21.1. The third-order valence-corrected chi connectivity index (χ3v) is 7.00. The fourth-order valence-electron chi connectivity index (χ4n) is 4.84. The molecule has 37 heavy (non-hydrogen) atoms. The lowest BCUT2D eigenvalue weighted by atomic mass is 10.0. The maximum Gasteiger partial charge on any atom is 0.338 e. The van der Waals surface area contributed by atoms with Gasteiger partial charge in [0.25, 0.3) is 5.56 Å². The van der Waals surface area contributed by atoms with Crippen LogP contribution in [0.25, 0.3) is 16.5 Å². The summed E-state index contributed by atoms with van der Waals surface area (Å²) in [6.07, 6.45) is 0. The first-order valence-electron chi connectivity index (χ1n) is 12.3. The maximum atomic E-state index is 13.6. The standard InChI is InChI=1S/C29H28ClN3O4/c30-21-10-12-23(13-11-21)37-19-18-31-14-16-32(17-15-31)20-26-27(29(35)36)24-8-4-5-9-25(24)28(34)33(26)22-6-2-1-3-7-22/h1-13H,14-20H2,(H,35,36). The summed E-state index contributed by atoms with van der Waals surface area (Å²) in [6.45, 7) is 4.91. The Morgan fingerprint density at radius 1 is 0.838 bits per heavy atom. The molecule has 1 aliphatic rings. The van der Waals surface area contributed by atoms with E-state index in [1.165, 1.54) is 0 Å². The van der Waals surface area contributed by atoms with Crippen LogP contribution in [0.1, 0.15) is 16.1 Å². The van der Waals surface area contributed by atoms with Gasteiger partial charge in [-0.05, 0) is 42.5 Å². The van der Waals surface area contributed by atoms with Crippen molar-refractivity contribution in [2.24, 2.45) is 0 Å². The second-order valence-electron chi connectivity index (χ2n) is 9.07. The van der Waals surface area contributed by atoms with Crippen molar-refractivity contribution < 1.29 is 14.6 Å². The molecule has 0 atom stereocenters. The van der Waals surface area contributed by atoms with Crippen molar-refractivity contribution in [1.29, 1.82) is 0 Å². The maximum absolute atomic E-state index is 13.6. The van der Waals surface area contributed by atoms with Gasteiger partial charge in [-0.3, -0.25) is 19.2 Å². The summed E-state index contributed by atoms with van der Waals surface area (Å²) in [7, 11) is 0. The van der Waals surface area contributed by atoms with Crippen molar-refractivity contribution >= 4 is 28.3 Å². The Morgan fingerprint density at radius 3 is 2.14 bits per heavy atom. The number of piperazine rings is 1. The van der Waals surface area contributed by atoms with Crippen LogP contribution in [-0.2, 0) is 6.54 Å². The Kier molecular flexibility index (Phi) is 7.55. The minimum absolute atomic E-state index is 0.179. The van der Waals surface area contributed by atoms with Crippen LogP contribution in [0.4, 0.5) is 0 Å². The number of hydrogen-bond donors (Lipinski definition) is 1. The number of para-hydroxylation sites is 1. The Labute approximate surface area is 220 Å². The lowest BCUT2D eigenvalue weighted by molar-refractivity contribution is 0.0693. The van der Waals surface area contributed by atoms with Gasteiger partial charge in [0, 0.05) is 60.8 Å². The van der Waals surface area contributed by atoms with E-state index in [1.54, 1.807) is 28.8 Å². The molecular weight excluding hydrogens is 490 g/mol. The molecule has 0 bridgehead atoms. The monoisotopic (exact) mass is 517 g/mol. The van der Waals surface area contributed by atoms with Gasteiger partial charge in [0.05, 0.1) is 11.3 Å². The van der Waals surface area contributed by atoms with E-state index in [2.05, 4.69) is 9.80 Å². The number of carbonyl (C=O) groups is 1. The van der Waals surface area contributed by atoms with E-state index in [-0.39, 0.29) is 11.1 Å². The molecule has 3 aromatic carbocycles. The average Bonchev–Trinajstić information content (AvgIpc) is 2.91. The summed E-state index contributed by atoms with van der Waals surface area (Å²) in [6, 6.07) is 23.5. The van der Waals surface area contributed by atoms with E-state index in [0.717, 1.165) is 38.5 Å². The number of hydrogen-bond acceptors (Lipinski definition) is 5. The van der Waals surface area contributed by atoms with Crippen LogP contribution in [0, 0.1) is 0 Å². The fraction of sp³-hybridized carbons (Fsp3) is 0.241. The van der Waals surface area contributed by atoms with Crippen LogP contribution in [-0.4, -0.2) is 64.8 Å². The third kappa shape index (κ3) is 5.54. The Morgan fingerprint density at radius 2 is 1.46 bits per heavy atom. The lowest BCUT2D eigenvalue weighted by Crippen LogP contribution is -2.47. The van der Waals surface area contributed by atoms with E-state index in [4.69, 9.17) is 16.3 Å². The van der Waals surface area contributed by atoms with Gasteiger partial charge in [-0.25, -0.2) is 4.79 Å². The number of rotatable bonds is 8. The molecule has 1 aromatic heterocycles. The van der Waals surface area contributed by atoms with Crippen molar-refractivity contribution in [2.45, 2.75) is 6.54 Å². The second kappa shape index (κ2) is 11.2. The molecule has 1 aliphatic heterocycles. The van der Waals surface area contributed by atoms with Crippen molar-refractivity contribution in [2.75, 3.05) is 39.3 Å². The van der Waals surface area contributed by atoms with Crippen LogP contribution in [0.15, 0.2) is 83.7 Å². The molecular formula is C29H28ClN3O4. The number of carboxylic acids is 1. The first-order valence-corrected chi connectivity index (χ1v) is 12.7. The first kappa shape index (κ1) is 25.0. The van der Waals surface area contributed by atoms with E-state index < -0.39 is 5.97 Å². The van der Waals surface area contributed by atoms with E-state index >= 15 is 0 Å². The lowest BCUT2D eigenvalue weighted by Gasteiger charge is -2.35. The Hall–Kier alpha value is -3.65. The minimum Gasteiger partial charge on any atom is -0.492 e. The van der Waals surface area contributed by atoms with Gasteiger partial charge < -0.3 is 9.84 Å². The molecule has 0 spiro atoms. The molecule has 1 N–H and O–H groups in total. The van der Waals surface area contributed by atoms with Crippen LogP contribution in [0.5, 0.6) is 5.75 Å². The average molecular weight is 518 g/mol. The summed E-state index contributed by atoms with van der Waals surface area (Å²) in [5.74, 6) is -0.242. The molecule has 7 nitrogen and oxygen atoms in total. The largest absolute Gasteiger partial charge is 0.492 e. The molecule has 5 rings (SSSR count). The van der Waals surface area contributed by atoms with Crippen LogP contribution >= 0.6 is 11.6 Å². The number of carboxylic acid groups (broad SMARTS) is 1. The highest BCUT2D eigenvalue weighted by Gasteiger charge is 2.25. The predicted molar refractivity (Wildman–Crippen MR) is 145 cm³/mol. The molecule has 190 valence electrons. The smallest absolute Gasteiger partial charge is 0.338 e. The van der Waals surface area contributed by atoms with E-state index in [9.17, 15) is 14.7 Å². The topological polar surface area (TPSA) is 75.0 Å². The fourth-order valence-corrected chi connectivity index (χ4v) is 4.97. The molecule has 0 radical (unpaired) electrons. The van der Waals surface area contributed by atoms with Gasteiger partial charge >= 0.3 is 5.97 Å². The van der Waals surface area contributed by atoms with Crippen molar-refractivity contribution in [1.82, 2.24) is 14.4 Å². The normalized spacial score (nSPS) is 14.6. The molecule has 0 amide bonds. The summed E-state index contributed by atoms with van der Waals surface area (Å²) < 4.78 is 7.40. The predicted octanol–water partition coefficient (Wildman–Crippen LogP) is 4.54. The highest BCUT2D eigenvalue weighted by molar-refractivity contribution is 6.30. The Bertz CT molecular complexity index is 1450. The number of aromatic carboxylic acids is 1. The number of pyridine rings is 1. The molecule has 4 aromatic rings. The molecule has 8 heteroatoms. The summed E-state index contributed by atoms with van der Waals surface area (Å²) >= 11 is 5.93. The van der Waals surface area contributed by atoms with Crippen molar-refractivity contribution in [3.8, 4) is 11.4 Å². The van der Waals surface area contributed by atoms with E-state index in [0.29, 0.717) is 40.3 Å². The number of nitrogens with zero attached hydrogens (tertiary/aromatic N) is 3. The number of halogens is 1. The number of fused-ring (bicyclic) bond motifs is 1. The molecule has 0 unspecified atom stereocenters. The van der Waals surface area contributed by atoms with Gasteiger partial charge in [0.1, 0.15) is 12.4 Å². The molecule has 1 saturated heterocycles. The van der Waals surface area contributed by atoms with Crippen LogP contribution in [0.3, 0.4) is 0 Å². The van der Waals surface area contributed by atoms with E-state index in [1.807, 2.05) is 54.6 Å². The number of benzene rings is 3. The summed E-state index contributed by atoms with van der Waals surface area (Å²) in [5, 5.41) is 11.8. The van der Waals surface area contributed by atoms with Gasteiger partial charge in [0.15, 0.2) is 0 Å². The summed E-state index contributed by atoms with van der Waals surface area (Å²) in [5.41, 5.74) is 1.13. The first-order chi connectivity index (χ1) is 18.0. The van der Waals surface area contributed by atoms with Crippen LogP contribution in [0.2, 0.25) is 5.02 Å². The summed E-state index contributed by atoms with van der Waals surface area (Å²) in [4.78, 5) is 30.7. The highest BCUT2D eigenvalue weighted by atomic mass is 35.5. The van der Waals surface area contributed by atoms with Gasteiger partial charge in [-0.2, -0.15) is 0 Å². The van der Waals surface area contributed by atoms with Gasteiger partial charge in [-0.1, -0.05) is 48.0 Å². The van der Waals surface area contributed by atoms with Gasteiger partial charge in [-0.15, -0.1) is 0 Å². The molecule has 0 saturated carbocycles. The molecule has 2 heterocycles. The Balaban J connectivity index is 1.35. The SMILES string of the molecule is O=C(O)c1c(CN2CCN(CCOc3ccc(Cl)cc3)CC2)n(-c2ccccc2)c(=O)c2ccccc12. The zero-order chi connectivity index (χ0) is 25.8. The van der Waals surface area contributed by atoms with Crippen LogP contribution < -0.4 is 10.3 Å². The minimum atomic E-state index is -1.03. The zero-order valence-electron chi connectivity index (χ0n) is 20.3. The molecule has 1 fully saturated rings. The van der Waals surface area contributed by atoms with Crippen molar-refractivity contribution in [3.05, 3.63) is 105 Å². The van der Waals surface area contributed by atoms with Gasteiger partial charge in [0.2, 0.25) is 0 Å². The molecule has 0 aliphatic carbocycles. The number of aromatic nitrogens is 1.